The largest absolute Gasteiger partial charge is 0.493 e. The maximum absolute atomic E-state index is 13.0. The van der Waals surface area contributed by atoms with Gasteiger partial charge in [0.2, 0.25) is 15.4 Å². The van der Waals surface area contributed by atoms with Crippen LogP contribution in [-0.2, 0) is 9.84 Å². The van der Waals surface area contributed by atoms with E-state index in [1.54, 1.807) is 24.3 Å². The van der Waals surface area contributed by atoms with Crippen molar-refractivity contribution in [1.29, 1.82) is 0 Å². The Bertz CT molecular complexity index is 1100. The van der Waals surface area contributed by atoms with Crippen LogP contribution in [0.5, 0.6) is 11.5 Å². The second-order valence-electron chi connectivity index (χ2n) is 5.57. The summed E-state index contributed by atoms with van der Waals surface area (Å²) in [5, 5.41) is 0.359. The predicted octanol–water partition coefficient (Wildman–Crippen LogP) is 2.69. The zero-order valence-electron chi connectivity index (χ0n) is 14.0. The molecule has 0 radical (unpaired) electrons. The summed E-state index contributed by atoms with van der Waals surface area (Å²) in [5.74, 6) is 0.776. The van der Waals surface area contributed by atoms with Gasteiger partial charge in [0.25, 0.3) is 0 Å². The fourth-order valence-electron chi connectivity index (χ4n) is 2.62. The molecule has 0 saturated heterocycles. The van der Waals surface area contributed by atoms with E-state index < -0.39 is 15.4 Å². The lowest BCUT2D eigenvalue weighted by Gasteiger charge is -2.12. The molecule has 0 aliphatic rings. The van der Waals surface area contributed by atoms with Crippen molar-refractivity contribution in [3.63, 3.8) is 0 Å². The maximum Gasteiger partial charge on any atom is 0.249 e. The van der Waals surface area contributed by atoms with Crippen LogP contribution in [0.1, 0.15) is 5.56 Å². The topological polar surface area (TPSA) is 85.5 Å². The van der Waals surface area contributed by atoms with Crippen LogP contribution in [0.15, 0.2) is 57.1 Å². The Morgan fingerprint density at radius 3 is 2.12 bits per heavy atom. The molecule has 130 valence electrons. The van der Waals surface area contributed by atoms with Crippen molar-refractivity contribution in [2.75, 3.05) is 14.2 Å². The van der Waals surface area contributed by atoms with E-state index >= 15 is 0 Å². The molecule has 0 unspecified atom stereocenters. The van der Waals surface area contributed by atoms with Gasteiger partial charge in [0.05, 0.1) is 29.5 Å². The van der Waals surface area contributed by atoms with Crippen LogP contribution in [-0.4, -0.2) is 27.6 Å². The highest BCUT2D eigenvalue weighted by atomic mass is 32.2. The van der Waals surface area contributed by atoms with Gasteiger partial charge in [-0.15, -0.1) is 0 Å². The SMILES string of the molecule is COc1cc2[nH]c(=O)cc(S(=O)(=O)c3ccc(C)cc3)c2cc1OC. The third kappa shape index (κ3) is 2.98. The van der Waals surface area contributed by atoms with E-state index in [0.717, 1.165) is 11.6 Å². The Kier molecular flexibility index (Phi) is 4.26. The quantitative estimate of drug-likeness (QED) is 0.774. The maximum atomic E-state index is 13.0. The van der Waals surface area contributed by atoms with Crippen LogP contribution in [0.25, 0.3) is 10.9 Å². The molecule has 6 nitrogen and oxygen atoms in total. The molecule has 1 aromatic heterocycles. The summed E-state index contributed by atoms with van der Waals surface area (Å²) in [6, 6.07) is 10.7. The van der Waals surface area contributed by atoms with Crippen LogP contribution in [0, 0.1) is 6.92 Å². The molecule has 3 aromatic rings. The number of aromatic nitrogens is 1. The number of aromatic amines is 1. The van der Waals surface area contributed by atoms with E-state index in [1.807, 2.05) is 6.92 Å². The molecule has 7 heteroatoms. The van der Waals surface area contributed by atoms with E-state index in [-0.39, 0.29) is 9.79 Å². The number of aryl methyl sites for hydroxylation is 1. The number of fused-ring (bicyclic) bond motifs is 1. The van der Waals surface area contributed by atoms with Gasteiger partial charge < -0.3 is 14.5 Å². The Morgan fingerprint density at radius 1 is 0.920 bits per heavy atom. The van der Waals surface area contributed by atoms with Gasteiger partial charge in [-0.05, 0) is 25.1 Å². The van der Waals surface area contributed by atoms with E-state index in [9.17, 15) is 13.2 Å². The Hall–Kier alpha value is -2.80. The summed E-state index contributed by atoms with van der Waals surface area (Å²) in [6.45, 7) is 1.87. The highest BCUT2D eigenvalue weighted by molar-refractivity contribution is 7.91. The first-order valence-electron chi connectivity index (χ1n) is 7.47. The summed E-state index contributed by atoms with van der Waals surface area (Å²) in [6.07, 6.45) is 0. The van der Waals surface area contributed by atoms with E-state index in [0.29, 0.717) is 22.4 Å². The van der Waals surface area contributed by atoms with Crippen LogP contribution < -0.4 is 15.0 Å². The number of H-pyrrole nitrogens is 1. The Balaban J connectivity index is 2.35. The molecule has 0 fully saturated rings. The molecule has 1 heterocycles. The van der Waals surface area contributed by atoms with Gasteiger partial charge in [0, 0.05) is 17.5 Å². The first-order valence-corrected chi connectivity index (χ1v) is 8.96. The third-order valence-corrected chi connectivity index (χ3v) is 5.74. The number of rotatable bonds is 4. The van der Waals surface area contributed by atoms with Crippen molar-refractivity contribution < 1.29 is 17.9 Å². The van der Waals surface area contributed by atoms with Crippen molar-refractivity contribution >= 4 is 20.7 Å². The minimum Gasteiger partial charge on any atom is -0.493 e. The van der Waals surface area contributed by atoms with Crippen LogP contribution >= 0.6 is 0 Å². The highest BCUT2D eigenvalue weighted by Gasteiger charge is 2.22. The van der Waals surface area contributed by atoms with Crippen LogP contribution in [0.2, 0.25) is 0 Å². The molecule has 0 spiro atoms. The van der Waals surface area contributed by atoms with Gasteiger partial charge >= 0.3 is 0 Å². The Labute approximate surface area is 144 Å². The number of pyridine rings is 1. The lowest BCUT2D eigenvalue weighted by molar-refractivity contribution is 0.355. The van der Waals surface area contributed by atoms with Gasteiger partial charge in [-0.25, -0.2) is 8.42 Å². The van der Waals surface area contributed by atoms with Gasteiger partial charge in [0.1, 0.15) is 0 Å². The molecule has 0 atom stereocenters. The van der Waals surface area contributed by atoms with Crippen molar-refractivity contribution in [3.05, 3.63) is 58.4 Å². The number of methoxy groups -OCH3 is 2. The van der Waals surface area contributed by atoms with Crippen LogP contribution in [0.3, 0.4) is 0 Å². The Morgan fingerprint density at radius 2 is 1.52 bits per heavy atom. The molecule has 1 N–H and O–H groups in total. The molecular formula is C18H17NO5S. The molecule has 0 saturated carbocycles. The van der Waals surface area contributed by atoms with E-state index in [4.69, 9.17) is 9.47 Å². The standard InChI is InChI=1S/C18H17NO5S/c1-11-4-6-12(7-5-11)25(21,22)17-10-18(20)19-14-9-16(24-3)15(23-2)8-13(14)17/h4-10H,1-3H3,(H,19,20). The van der Waals surface area contributed by atoms with Crippen LogP contribution in [0.4, 0.5) is 0 Å². The average Bonchev–Trinajstić information content (AvgIpc) is 2.60. The monoisotopic (exact) mass is 359 g/mol. The molecular weight excluding hydrogens is 342 g/mol. The van der Waals surface area contributed by atoms with Crippen molar-refractivity contribution in [2.24, 2.45) is 0 Å². The lowest BCUT2D eigenvalue weighted by atomic mass is 10.2. The summed E-state index contributed by atoms with van der Waals surface area (Å²) >= 11 is 0. The van der Waals surface area contributed by atoms with Gasteiger partial charge in [0.15, 0.2) is 11.5 Å². The van der Waals surface area contributed by atoms with Gasteiger partial charge in [-0.3, -0.25) is 4.79 Å². The highest BCUT2D eigenvalue weighted by Crippen LogP contribution is 2.35. The summed E-state index contributed by atoms with van der Waals surface area (Å²) in [7, 11) is -0.937. The third-order valence-electron chi connectivity index (χ3n) is 3.93. The van der Waals surface area contributed by atoms with E-state index in [2.05, 4.69) is 4.98 Å². The molecule has 2 aromatic carbocycles. The zero-order valence-corrected chi connectivity index (χ0v) is 14.8. The number of hydrogen-bond acceptors (Lipinski definition) is 5. The van der Waals surface area contributed by atoms with Crippen molar-refractivity contribution in [1.82, 2.24) is 4.98 Å². The number of ether oxygens (including phenoxy) is 2. The van der Waals surface area contributed by atoms with Gasteiger partial charge in [-0.2, -0.15) is 0 Å². The van der Waals surface area contributed by atoms with Gasteiger partial charge in [-0.1, -0.05) is 17.7 Å². The molecule has 25 heavy (non-hydrogen) atoms. The number of nitrogens with one attached hydrogen (secondary N) is 1. The molecule has 3 rings (SSSR count). The minimum absolute atomic E-state index is 0.0731. The summed E-state index contributed by atoms with van der Waals surface area (Å²) < 4.78 is 36.5. The summed E-state index contributed by atoms with van der Waals surface area (Å²) in [4.78, 5) is 14.7. The zero-order chi connectivity index (χ0) is 18.2. The van der Waals surface area contributed by atoms with Crippen molar-refractivity contribution in [3.8, 4) is 11.5 Å². The summed E-state index contributed by atoms with van der Waals surface area (Å²) in [5.41, 5.74) is 0.794. The first kappa shape index (κ1) is 17.0. The average molecular weight is 359 g/mol. The fraction of sp³-hybridized carbons (Fsp3) is 0.167. The first-order chi connectivity index (χ1) is 11.9. The second-order valence-corrected chi connectivity index (χ2v) is 7.49. The lowest BCUT2D eigenvalue weighted by Crippen LogP contribution is -2.11. The normalized spacial score (nSPS) is 11.5. The second kappa shape index (κ2) is 6.25. The molecule has 0 amide bonds. The molecule has 0 aliphatic heterocycles. The fourth-order valence-corrected chi connectivity index (χ4v) is 4.09. The van der Waals surface area contributed by atoms with E-state index in [1.165, 1.54) is 26.4 Å². The molecule has 0 aliphatic carbocycles. The smallest absolute Gasteiger partial charge is 0.249 e. The number of hydrogen-bond donors (Lipinski definition) is 1. The number of benzene rings is 2. The number of sulfone groups is 1. The predicted molar refractivity (Wildman–Crippen MR) is 94.3 cm³/mol. The van der Waals surface area contributed by atoms with Crippen molar-refractivity contribution in [2.45, 2.75) is 16.7 Å². The molecule has 0 bridgehead atoms. The minimum atomic E-state index is -3.87.